The van der Waals surface area contributed by atoms with Crippen molar-refractivity contribution in [1.82, 2.24) is 4.98 Å². The average Bonchev–Trinajstić information content (AvgIpc) is 2.88. The minimum Gasteiger partial charge on any atom is -0.508 e. The lowest BCUT2D eigenvalue weighted by molar-refractivity contribution is -0.538. The van der Waals surface area contributed by atoms with Crippen molar-refractivity contribution in [2.75, 3.05) is 18.0 Å². The largest absolute Gasteiger partial charge is 0.508 e. The summed E-state index contributed by atoms with van der Waals surface area (Å²) < 4.78 is 2.24. The summed E-state index contributed by atoms with van der Waals surface area (Å²) in [5.41, 5.74) is 7.45. The molecule has 1 N–H and O–H groups in total. The fourth-order valence-corrected chi connectivity index (χ4v) is 4.17. The van der Waals surface area contributed by atoms with Gasteiger partial charge in [-0.3, -0.25) is 0 Å². The quantitative estimate of drug-likeness (QED) is 0.180. The van der Waals surface area contributed by atoms with E-state index in [2.05, 4.69) is 63.9 Å². The van der Waals surface area contributed by atoms with E-state index >= 15 is 0 Å². The van der Waals surface area contributed by atoms with Crippen molar-refractivity contribution in [1.29, 1.82) is 0 Å². The summed E-state index contributed by atoms with van der Waals surface area (Å²) in [4.78, 5) is 7.28. The zero-order valence-electron chi connectivity index (χ0n) is 19.3. The van der Waals surface area contributed by atoms with Crippen LogP contribution in [0.3, 0.4) is 0 Å². The van der Waals surface area contributed by atoms with Crippen molar-refractivity contribution >= 4 is 39.1 Å². The lowest BCUT2D eigenvalue weighted by Gasteiger charge is -2.20. The first-order chi connectivity index (χ1) is 16.7. The van der Waals surface area contributed by atoms with Crippen LogP contribution < -0.4 is 9.47 Å². The van der Waals surface area contributed by atoms with Crippen molar-refractivity contribution in [3.8, 4) is 11.4 Å². The van der Waals surface area contributed by atoms with Gasteiger partial charge in [-0.05, 0) is 62.4 Å². The average molecular weight is 449 g/mol. The lowest BCUT2D eigenvalue weighted by atomic mass is 10.1. The van der Waals surface area contributed by atoms with Gasteiger partial charge in [0.1, 0.15) is 16.8 Å². The topological polar surface area (TPSA) is 65.0 Å². The molecule has 0 aliphatic heterocycles. The van der Waals surface area contributed by atoms with Crippen molar-refractivity contribution in [3.05, 3.63) is 91.0 Å². The van der Waals surface area contributed by atoms with E-state index in [-0.39, 0.29) is 5.75 Å². The molecule has 0 aliphatic carbocycles. The first kappa shape index (κ1) is 21.5. The molecule has 6 heteroatoms. The molecular weight excluding hydrogens is 422 g/mol. The maximum atomic E-state index is 9.49. The molecule has 0 saturated carbocycles. The minimum atomic E-state index is 0.204. The van der Waals surface area contributed by atoms with Crippen LogP contribution in [0.1, 0.15) is 13.8 Å². The number of fused-ring (bicyclic) bond motifs is 2. The van der Waals surface area contributed by atoms with Crippen molar-refractivity contribution < 1.29 is 9.67 Å². The van der Waals surface area contributed by atoms with Gasteiger partial charge in [0.25, 0.3) is 0 Å². The minimum absolute atomic E-state index is 0.204. The maximum Gasteiger partial charge on any atom is 0.239 e. The fraction of sp³-hybridized carbons (Fsp3) is 0.143. The number of anilines is 1. The molecule has 4 aromatic carbocycles. The van der Waals surface area contributed by atoms with Crippen LogP contribution in [0.4, 0.5) is 17.1 Å². The Kier molecular flexibility index (Phi) is 5.87. The molecule has 1 heterocycles. The number of phenols is 1. The second kappa shape index (κ2) is 9.27. The molecule has 0 fully saturated rings. The van der Waals surface area contributed by atoms with Gasteiger partial charge in [-0.2, -0.15) is 10.2 Å². The van der Waals surface area contributed by atoms with Crippen LogP contribution in [0.5, 0.6) is 5.75 Å². The van der Waals surface area contributed by atoms with Gasteiger partial charge >= 0.3 is 0 Å². The Morgan fingerprint density at radius 2 is 1.35 bits per heavy atom. The van der Waals surface area contributed by atoms with Crippen LogP contribution in [-0.4, -0.2) is 23.2 Å². The van der Waals surface area contributed by atoms with Crippen LogP contribution in [0.15, 0.2) is 101 Å². The molecule has 0 spiro atoms. The summed E-state index contributed by atoms with van der Waals surface area (Å²) in [6.07, 6.45) is 0. The molecule has 1 aromatic heterocycles. The van der Waals surface area contributed by atoms with Crippen molar-refractivity contribution in [2.24, 2.45) is 10.2 Å². The molecule has 6 nitrogen and oxygen atoms in total. The second-order valence-corrected chi connectivity index (χ2v) is 8.02. The molecule has 34 heavy (non-hydrogen) atoms. The first-order valence-electron chi connectivity index (χ1n) is 11.5. The third-order valence-electron chi connectivity index (χ3n) is 5.91. The van der Waals surface area contributed by atoms with E-state index in [0.717, 1.165) is 46.5 Å². The first-order valence-corrected chi connectivity index (χ1v) is 11.5. The third-order valence-corrected chi connectivity index (χ3v) is 5.91. The Labute approximate surface area is 198 Å². The number of nitrogens with zero attached hydrogens (tertiary/aromatic N) is 5. The summed E-state index contributed by atoms with van der Waals surface area (Å²) in [5.74, 6) is 0.204. The molecule has 0 atom stereocenters. The van der Waals surface area contributed by atoms with Crippen LogP contribution in [-0.2, 0) is 0 Å². The summed E-state index contributed by atoms with van der Waals surface area (Å²) >= 11 is 0. The molecule has 5 rings (SSSR count). The number of aromatic hydroxyl groups is 1. The normalized spacial score (nSPS) is 11.5. The summed E-state index contributed by atoms with van der Waals surface area (Å²) in [6.45, 7) is 6.22. The molecule has 0 aliphatic rings. The van der Waals surface area contributed by atoms with Gasteiger partial charge in [0.15, 0.2) is 0 Å². The number of hydrogen-bond acceptors (Lipinski definition) is 5. The number of para-hydroxylation sites is 1. The zero-order chi connectivity index (χ0) is 23.5. The van der Waals surface area contributed by atoms with Gasteiger partial charge in [-0.1, -0.05) is 18.2 Å². The summed E-state index contributed by atoms with van der Waals surface area (Å²) in [6, 6.07) is 29.4. The molecule has 0 radical (unpaired) electrons. The highest BCUT2D eigenvalue weighted by atomic mass is 16.3. The molecule has 0 amide bonds. The fourth-order valence-electron chi connectivity index (χ4n) is 4.17. The van der Waals surface area contributed by atoms with Gasteiger partial charge in [-0.25, -0.2) is 4.98 Å². The molecule has 0 bridgehead atoms. The molecule has 168 valence electrons. The van der Waals surface area contributed by atoms with Crippen molar-refractivity contribution in [2.45, 2.75) is 13.8 Å². The Balaban J connectivity index is 1.71. The van der Waals surface area contributed by atoms with Crippen LogP contribution in [0, 0.1) is 0 Å². The third kappa shape index (κ3) is 4.18. The van der Waals surface area contributed by atoms with Gasteiger partial charge in [-0.15, -0.1) is 4.57 Å². The highest BCUT2D eigenvalue weighted by Crippen LogP contribution is 2.26. The monoisotopic (exact) mass is 448 g/mol. The number of azo groups is 1. The maximum absolute atomic E-state index is 9.49. The van der Waals surface area contributed by atoms with Gasteiger partial charge in [0.05, 0.1) is 11.4 Å². The van der Waals surface area contributed by atoms with E-state index in [1.54, 1.807) is 24.3 Å². The number of rotatable bonds is 6. The Morgan fingerprint density at radius 1 is 0.735 bits per heavy atom. The standard InChI is InChI=1S/C28H25N5O/c1-3-32(4-2)23-13-17-26-28(19-23)33(22-8-6-5-7-9-22)27-18-21(12-16-25(27)29-26)31-30-20-10-14-24(34)15-11-20/h5-19H,3-4H2,1-2H3/p+1. The highest BCUT2D eigenvalue weighted by Gasteiger charge is 2.21. The number of benzene rings is 4. The summed E-state index contributed by atoms with van der Waals surface area (Å²) in [7, 11) is 0. The predicted molar refractivity (Wildman–Crippen MR) is 137 cm³/mol. The van der Waals surface area contributed by atoms with Crippen LogP contribution in [0.2, 0.25) is 0 Å². The molecule has 0 saturated heterocycles. The van der Waals surface area contributed by atoms with E-state index in [0.29, 0.717) is 5.69 Å². The zero-order valence-corrected chi connectivity index (χ0v) is 19.3. The van der Waals surface area contributed by atoms with Crippen molar-refractivity contribution in [3.63, 3.8) is 0 Å². The van der Waals surface area contributed by atoms with E-state index in [4.69, 9.17) is 4.98 Å². The van der Waals surface area contributed by atoms with E-state index in [1.807, 2.05) is 36.4 Å². The molecular formula is C28H26N5O+. The SMILES string of the molecule is CCN(CC)c1ccc2nc3ccc(N=Nc4ccc(O)cc4)cc3[n+](-c3ccccc3)c2c1. The molecule has 0 unspecified atom stereocenters. The van der Waals surface area contributed by atoms with E-state index in [9.17, 15) is 5.11 Å². The molecule has 5 aromatic rings. The van der Waals surface area contributed by atoms with Gasteiger partial charge in [0, 0.05) is 43.0 Å². The Hall–Kier alpha value is -4.32. The summed E-state index contributed by atoms with van der Waals surface area (Å²) in [5, 5.41) is 18.2. The van der Waals surface area contributed by atoms with Crippen LogP contribution in [0.25, 0.3) is 27.8 Å². The second-order valence-electron chi connectivity index (χ2n) is 8.02. The number of aromatic nitrogens is 2. The predicted octanol–water partition coefficient (Wildman–Crippen LogP) is 6.63. The van der Waals surface area contributed by atoms with E-state index < -0.39 is 0 Å². The number of hydrogen-bond donors (Lipinski definition) is 1. The lowest BCUT2D eigenvalue weighted by Crippen LogP contribution is -2.33. The number of phenolic OH excluding ortho intramolecular Hbond substituents is 1. The van der Waals surface area contributed by atoms with Gasteiger partial charge < -0.3 is 10.0 Å². The smallest absolute Gasteiger partial charge is 0.239 e. The van der Waals surface area contributed by atoms with Crippen LogP contribution >= 0.6 is 0 Å². The van der Waals surface area contributed by atoms with Gasteiger partial charge in [0.2, 0.25) is 16.7 Å². The Morgan fingerprint density at radius 3 is 2.06 bits per heavy atom. The van der Waals surface area contributed by atoms with E-state index in [1.165, 1.54) is 5.69 Å². The highest BCUT2D eigenvalue weighted by molar-refractivity contribution is 5.85. The Bertz CT molecular complexity index is 1480.